The Labute approximate surface area is 98.4 Å². The summed E-state index contributed by atoms with van der Waals surface area (Å²) in [5.41, 5.74) is 8.49. The summed E-state index contributed by atoms with van der Waals surface area (Å²) < 4.78 is 0. The van der Waals surface area contributed by atoms with E-state index >= 15 is 0 Å². The van der Waals surface area contributed by atoms with Crippen molar-refractivity contribution in [1.82, 2.24) is 4.90 Å². The highest BCUT2D eigenvalue weighted by Gasteiger charge is 2.24. The zero-order chi connectivity index (χ0) is 11.5. The van der Waals surface area contributed by atoms with Crippen LogP contribution in [-0.4, -0.2) is 31.6 Å². The minimum Gasteiger partial charge on any atom is -0.330 e. The zero-order valence-corrected chi connectivity index (χ0v) is 10.3. The number of rotatable bonds is 4. The van der Waals surface area contributed by atoms with Gasteiger partial charge in [-0.1, -0.05) is 31.2 Å². The molecule has 1 fully saturated rings. The van der Waals surface area contributed by atoms with Gasteiger partial charge in [-0.05, 0) is 37.1 Å². The molecule has 16 heavy (non-hydrogen) atoms. The Morgan fingerprint density at radius 1 is 1.31 bits per heavy atom. The largest absolute Gasteiger partial charge is 0.330 e. The molecule has 1 atom stereocenters. The summed E-state index contributed by atoms with van der Waals surface area (Å²) in [5.74, 6) is 1.34. The minimum absolute atomic E-state index is 0.586. The van der Waals surface area contributed by atoms with E-state index in [1.54, 1.807) is 0 Å². The lowest BCUT2D eigenvalue weighted by Crippen LogP contribution is -2.41. The first-order valence-electron chi connectivity index (χ1n) is 6.19. The van der Waals surface area contributed by atoms with Crippen LogP contribution < -0.4 is 5.73 Å². The topological polar surface area (TPSA) is 29.3 Å². The molecule has 1 saturated heterocycles. The first kappa shape index (κ1) is 11.6. The smallest absolute Gasteiger partial charge is 0.00933 e. The third-order valence-corrected chi connectivity index (χ3v) is 3.64. The number of hydrogen-bond acceptors (Lipinski definition) is 2. The molecule has 2 rings (SSSR count). The van der Waals surface area contributed by atoms with Gasteiger partial charge in [0.15, 0.2) is 0 Å². The van der Waals surface area contributed by atoms with Crippen LogP contribution in [0.2, 0.25) is 0 Å². The van der Waals surface area contributed by atoms with Gasteiger partial charge in [0.25, 0.3) is 0 Å². The van der Waals surface area contributed by atoms with Crippen LogP contribution in [0.25, 0.3) is 0 Å². The average Bonchev–Trinajstić information content (AvgIpc) is 2.25. The molecule has 2 heteroatoms. The van der Waals surface area contributed by atoms with Crippen LogP contribution in [0.5, 0.6) is 0 Å². The van der Waals surface area contributed by atoms with E-state index in [1.165, 1.54) is 24.2 Å². The molecule has 0 amide bonds. The van der Waals surface area contributed by atoms with Crippen LogP contribution >= 0.6 is 0 Å². The molecule has 1 unspecified atom stereocenters. The molecule has 0 saturated carbocycles. The summed E-state index contributed by atoms with van der Waals surface area (Å²) in [6.07, 6.45) is 1.07. The summed E-state index contributed by atoms with van der Waals surface area (Å²) in [4.78, 5) is 2.36. The number of hydrogen-bond donors (Lipinski definition) is 1. The van der Waals surface area contributed by atoms with Crippen molar-refractivity contribution in [1.29, 1.82) is 0 Å². The fourth-order valence-corrected chi connectivity index (χ4v) is 2.42. The summed E-state index contributed by atoms with van der Waals surface area (Å²) in [5, 5.41) is 0. The Bertz CT molecular complexity index is 301. The van der Waals surface area contributed by atoms with Gasteiger partial charge in [-0.3, -0.25) is 0 Å². The van der Waals surface area contributed by atoms with Gasteiger partial charge in [0.2, 0.25) is 0 Å². The van der Waals surface area contributed by atoms with Crippen molar-refractivity contribution >= 4 is 0 Å². The lowest BCUT2D eigenvalue weighted by Gasteiger charge is -2.36. The molecule has 0 radical (unpaired) electrons. The lowest BCUT2D eigenvalue weighted by molar-refractivity contribution is 0.190. The third-order valence-electron chi connectivity index (χ3n) is 3.64. The summed E-state index contributed by atoms with van der Waals surface area (Å²) in [6, 6.07) is 9.13. The maximum absolute atomic E-state index is 5.59. The van der Waals surface area contributed by atoms with Crippen molar-refractivity contribution in [2.75, 3.05) is 26.7 Å². The molecule has 0 aromatic heterocycles. The van der Waals surface area contributed by atoms with Gasteiger partial charge in [-0.25, -0.2) is 0 Å². The molecular weight excluding hydrogens is 196 g/mol. The standard InChI is InChI=1S/C14H22N2/c1-11(7-8-15)12-3-5-13(6-4-12)14-9-16(2)10-14/h3-6,11,14H,7-10,15H2,1-2H3. The van der Waals surface area contributed by atoms with E-state index in [9.17, 15) is 0 Å². The molecular formula is C14H22N2. The highest BCUT2D eigenvalue weighted by Crippen LogP contribution is 2.27. The molecule has 88 valence electrons. The Kier molecular flexibility index (Phi) is 3.62. The van der Waals surface area contributed by atoms with E-state index in [4.69, 9.17) is 5.73 Å². The van der Waals surface area contributed by atoms with Gasteiger partial charge in [-0.15, -0.1) is 0 Å². The zero-order valence-electron chi connectivity index (χ0n) is 10.3. The van der Waals surface area contributed by atoms with E-state index in [0.717, 1.165) is 18.9 Å². The van der Waals surface area contributed by atoms with E-state index < -0.39 is 0 Å². The molecule has 2 N–H and O–H groups in total. The van der Waals surface area contributed by atoms with Gasteiger partial charge < -0.3 is 10.6 Å². The summed E-state index contributed by atoms with van der Waals surface area (Å²) in [7, 11) is 2.17. The van der Waals surface area contributed by atoms with E-state index in [0.29, 0.717) is 5.92 Å². The van der Waals surface area contributed by atoms with Crippen molar-refractivity contribution in [3.63, 3.8) is 0 Å². The first-order valence-corrected chi connectivity index (χ1v) is 6.19. The Morgan fingerprint density at radius 3 is 2.44 bits per heavy atom. The molecule has 1 heterocycles. The Hall–Kier alpha value is -0.860. The molecule has 0 aliphatic carbocycles. The van der Waals surface area contributed by atoms with Gasteiger partial charge >= 0.3 is 0 Å². The maximum atomic E-state index is 5.59. The van der Waals surface area contributed by atoms with Gasteiger partial charge in [0.05, 0.1) is 0 Å². The number of nitrogens with two attached hydrogens (primary N) is 1. The van der Waals surface area contributed by atoms with Crippen LogP contribution in [0.1, 0.15) is 36.3 Å². The maximum Gasteiger partial charge on any atom is 0.00933 e. The molecule has 0 spiro atoms. The fraction of sp³-hybridized carbons (Fsp3) is 0.571. The highest BCUT2D eigenvalue weighted by molar-refractivity contribution is 5.29. The molecule has 1 aromatic rings. The van der Waals surface area contributed by atoms with Crippen LogP contribution in [0, 0.1) is 0 Å². The van der Waals surface area contributed by atoms with Crippen LogP contribution in [0.3, 0.4) is 0 Å². The van der Waals surface area contributed by atoms with Crippen molar-refractivity contribution in [2.24, 2.45) is 5.73 Å². The number of benzene rings is 1. The van der Waals surface area contributed by atoms with Crippen LogP contribution in [0.4, 0.5) is 0 Å². The SMILES string of the molecule is CC(CCN)c1ccc(C2CN(C)C2)cc1. The number of likely N-dealkylation sites (tertiary alicyclic amines) is 1. The van der Waals surface area contributed by atoms with Crippen LogP contribution in [-0.2, 0) is 0 Å². The van der Waals surface area contributed by atoms with Gasteiger partial charge in [0, 0.05) is 19.0 Å². The Balaban J connectivity index is 1.99. The summed E-state index contributed by atoms with van der Waals surface area (Å²) >= 11 is 0. The molecule has 1 aromatic carbocycles. The van der Waals surface area contributed by atoms with Gasteiger partial charge in [-0.2, -0.15) is 0 Å². The quantitative estimate of drug-likeness (QED) is 0.839. The number of nitrogens with zero attached hydrogens (tertiary/aromatic N) is 1. The predicted molar refractivity (Wildman–Crippen MR) is 68.8 cm³/mol. The Morgan fingerprint density at radius 2 is 1.94 bits per heavy atom. The average molecular weight is 218 g/mol. The summed E-state index contributed by atoms with van der Waals surface area (Å²) in [6.45, 7) is 5.44. The van der Waals surface area contributed by atoms with E-state index in [-0.39, 0.29) is 0 Å². The van der Waals surface area contributed by atoms with Crippen LogP contribution in [0.15, 0.2) is 24.3 Å². The third kappa shape index (κ3) is 2.45. The second kappa shape index (κ2) is 4.98. The van der Waals surface area contributed by atoms with Gasteiger partial charge in [0.1, 0.15) is 0 Å². The molecule has 1 aliphatic rings. The second-order valence-electron chi connectivity index (χ2n) is 5.06. The second-order valence-corrected chi connectivity index (χ2v) is 5.06. The van der Waals surface area contributed by atoms with Crippen molar-refractivity contribution < 1.29 is 0 Å². The monoisotopic (exact) mass is 218 g/mol. The molecule has 2 nitrogen and oxygen atoms in total. The first-order chi connectivity index (χ1) is 7.70. The molecule has 0 bridgehead atoms. The van der Waals surface area contributed by atoms with E-state index in [2.05, 4.69) is 43.1 Å². The lowest BCUT2D eigenvalue weighted by atomic mass is 9.89. The minimum atomic E-state index is 0.586. The van der Waals surface area contributed by atoms with Crippen molar-refractivity contribution in [2.45, 2.75) is 25.2 Å². The van der Waals surface area contributed by atoms with E-state index in [1.807, 2.05) is 0 Å². The molecule has 1 aliphatic heterocycles. The normalized spacial score (nSPS) is 19.4. The fourth-order valence-electron chi connectivity index (χ4n) is 2.42. The predicted octanol–water partition coefficient (Wildman–Crippen LogP) is 2.17. The number of likely N-dealkylation sites (N-methyl/N-ethyl adjacent to an activating group) is 1. The van der Waals surface area contributed by atoms with Crippen molar-refractivity contribution in [3.8, 4) is 0 Å². The van der Waals surface area contributed by atoms with Crippen molar-refractivity contribution in [3.05, 3.63) is 35.4 Å². The highest BCUT2D eigenvalue weighted by atomic mass is 15.2.